The quantitative estimate of drug-likeness (QED) is 0.0834. The first-order chi connectivity index (χ1) is 35.0. The Morgan fingerprint density at radius 1 is 0.573 bits per heavy atom. The van der Waals surface area contributed by atoms with Gasteiger partial charge in [0.1, 0.15) is 55.6 Å². The Labute approximate surface area is 438 Å². The van der Waals surface area contributed by atoms with Gasteiger partial charge in [0.25, 0.3) is 5.91 Å². The smallest absolute Gasteiger partial charge is 0.303 e. The number of likely N-dealkylation sites (tertiary alicyclic amines) is 1. The summed E-state index contributed by atoms with van der Waals surface area (Å²) >= 11 is 0. The fourth-order valence-corrected chi connectivity index (χ4v) is 9.62. The van der Waals surface area contributed by atoms with Gasteiger partial charge in [0.2, 0.25) is 0 Å². The average Bonchev–Trinajstić information content (AvgIpc) is 3.97. The van der Waals surface area contributed by atoms with E-state index < -0.39 is 128 Å². The highest BCUT2D eigenvalue weighted by molar-refractivity contribution is 6.02. The van der Waals surface area contributed by atoms with Gasteiger partial charge < -0.3 is 79.5 Å². The Hall–Kier alpha value is -7.11. The molecule has 4 aliphatic rings. The van der Waals surface area contributed by atoms with Crippen molar-refractivity contribution in [2.45, 2.75) is 148 Å². The molecule has 3 fully saturated rings. The maximum Gasteiger partial charge on any atom is 0.303 e. The number of quaternary nitrogens is 1. The average molecular weight is 1120 g/mol. The minimum atomic E-state index is -1.48. The first-order valence-corrected chi connectivity index (χ1v) is 23.5. The molecule has 75 heavy (non-hydrogen) atoms. The molecule has 0 aliphatic carbocycles. The van der Waals surface area contributed by atoms with E-state index in [1.165, 1.54) is 21.8 Å². The number of hydrogen-bond donors (Lipinski definition) is 2. The van der Waals surface area contributed by atoms with Gasteiger partial charge in [-0.2, -0.15) is 0 Å². The molecule has 10 atom stereocenters. The number of amides is 1. The number of hydrogen-bond acceptors (Lipinski definition) is 24. The lowest BCUT2D eigenvalue weighted by Gasteiger charge is -2.50. The SMILES string of the molecule is CC(=O)OC[C@H]1O[C@@H](n2cc(C[N+]3(Cc4cn([C@@H]5O[C@H](COC(C)=O)[C@@H](OC(C)=O)[C@H](OC(C)=O)[C@H]5OC(C)=O)nn4)CCC4(CC3)NC(=O)c3ccccc3N4)nn2)[C@H](OC(C)=O)[C@@H](OC(C)=O)[C@@H]1OC(C)=O.[Br-]. The standard InChI is InChI=1S/C46H57N9O19.BrH/c1-23(56)65-21-35-37(67-25(3)58)39(69-27(5)60)41(71-29(7)62)44(73-35)53-17-31(49-51-53)19-55(15-13-46(14-16-55)47-34-12-10-9-11-33(34)43(64)48-46)20-32-18-54(52-50-32)45-42(72-30(8)63)40(70-28(6)61)38(68-26(4)59)36(74-45)22-66-24(2)57;/h9-12,17-18,35-42,44-45H,13-16,19-22H2,1-8H3,(H-,47,48,64);1H/t35-,36-,37-,38-,39+,40+,41-,42-,44-,45-;/m1./s1. The molecule has 28 nitrogen and oxygen atoms in total. The Morgan fingerprint density at radius 3 is 1.36 bits per heavy atom. The van der Waals surface area contributed by atoms with Crippen molar-refractivity contribution in [3.05, 3.63) is 53.6 Å². The third-order valence-electron chi connectivity index (χ3n) is 12.5. The zero-order valence-electron chi connectivity index (χ0n) is 42.2. The highest BCUT2D eigenvalue weighted by atomic mass is 79.9. The first kappa shape index (κ1) is 57.2. The van der Waals surface area contributed by atoms with Crippen LogP contribution in [0.1, 0.15) is 102 Å². The molecular formula is C46H58BrN9O19. The van der Waals surface area contributed by atoms with Crippen molar-refractivity contribution >= 4 is 59.3 Å². The van der Waals surface area contributed by atoms with Gasteiger partial charge >= 0.3 is 47.8 Å². The van der Waals surface area contributed by atoms with Crippen LogP contribution in [-0.2, 0) is 98.8 Å². The highest BCUT2D eigenvalue weighted by Crippen LogP contribution is 2.39. The van der Waals surface area contributed by atoms with E-state index in [2.05, 4.69) is 31.3 Å². The fourth-order valence-electron chi connectivity index (χ4n) is 9.62. The zero-order valence-corrected chi connectivity index (χ0v) is 43.7. The van der Waals surface area contributed by atoms with Crippen LogP contribution in [0, 0.1) is 0 Å². The fraction of sp³-hybridized carbons (Fsp3) is 0.587. The minimum Gasteiger partial charge on any atom is -1.00 e. The second-order valence-corrected chi connectivity index (χ2v) is 18.4. The summed E-state index contributed by atoms with van der Waals surface area (Å²) in [5.74, 6) is -6.48. The minimum absolute atomic E-state index is 0. The van der Waals surface area contributed by atoms with Crippen LogP contribution in [0.15, 0.2) is 36.7 Å². The number of benzene rings is 1. The number of carbonyl (C=O) groups excluding carboxylic acids is 9. The van der Waals surface area contributed by atoms with Crippen molar-refractivity contribution < 1.29 is 112 Å². The lowest BCUT2D eigenvalue weighted by atomic mass is 9.90. The third kappa shape index (κ3) is 14.0. The molecule has 0 radical (unpaired) electrons. The van der Waals surface area contributed by atoms with Crippen molar-refractivity contribution in [2.24, 2.45) is 0 Å². The van der Waals surface area contributed by atoms with Crippen LogP contribution in [-0.4, -0.2) is 169 Å². The van der Waals surface area contributed by atoms with Crippen LogP contribution in [0.2, 0.25) is 0 Å². The largest absolute Gasteiger partial charge is 1.00 e. The van der Waals surface area contributed by atoms with E-state index in [4.69, 9.17) is 47.4 Å². The van der Waals surface area contributed by atoms with Crippen molar-refractivity contribution in [3.63, 3.8) is 0 Å². The summed E-state index contributed by atoms with van der Waals surface area (Å²) in [5.41, 5.74) is 1.03. The highest BCUT2D eigenvalue weighted by Gasteiger charge is 2.55. The predicted molar refractivity (Wildman–Crippen MR) is 241 cm³/mol. The summed E-state index contributed by atoms with van der Waals surface area (Å²) in [6.45, 7) is 9.06. The molecule has 1 spiro atoms. The lowest BCUT2D eigenvalue weighted by Crippen LogP contribution is -3.00. The van der Waals surface area contributed by atoms with E-state index in [1.54, 1.807) is 12.1 Å². The Kier molecular flexibility index (Phi) is 18.3. The molecular weight excluding hydrogens is 1060 g/mol. The van der Waals surface area contributed by atoms with Crippen LogP contribution in [0.4, 0.5) is 5.69 Å². The number of fused-ring (bicyclic) bond motifs is 1. The Bertz CT molecular complexity index is 2500. The predicted octanol–water partition coefficient (Wildman–Crippen LogP) is -2.75. The van der Waals surface area contributed by atoms with Gasteiger partial charge in [0, 0.05) is 73.9 Å². The van der Waals surface area contributed by atoms with E-state index in [-0.39, 0.29) is 40.5 Å². The number of anilines is 1. The number of ether oxygens (including phenoxy) is 10. The summed E-state index contributed by atoms with van der Waals surface area (Å²) in [7, 11) is 0. The second kappa shape index (κ2) is 24.0. The van der Waals surface area contributed by atoms with Crippen molar-refractivity contribution in [2.75, 3.05) is 31.6 Å². The van der Waals surface area contributed by atoms with Gasteiger partial charge in [-0.3, -0.25) is 43.2 Å². The van der Waals surface area contributed by atoms with E-state index in [0.717, 1.165) is 55.4 Å². The van der Waals surface area contributed by atoms with Gasteiger partial charge in [-0.25, -0.2) is 9.36 Å². The number of carbonyl (C=O) groups is 9. The molecule has 2 aromatic heterocycles. The maximum absolute atomic E-state index is 13.5. The van der Waals surface area contributed by atoms with Crippen LogP contribution < -0.4 is 27.6 Å². The molecule has 408 valence electrons. The number of para-hydroxylation sites is 1. The van der Waals surface area contributed by atoms with Crippen molar-refractivity contribution in [1.82, 2.24) is 35.3 Å². The number of rotatable bonds is 16. The van der Waals surface area contributed by atoms with Gasteiger partial charge in [-0.1, -0.05) is 22.6 Å². The van der Waals surface area contributed by atoms with Crippen LogP contribution in [0.25, 0.3) is 0 Å². The summed E-state index contributed by atoms with van der Waals surface area (Å²) in [6.07, 6.45) is -10.2. The normalized spacial score (nSPS) is 26.3. The number of aromatic nitrogens is 6. The van der Waals surface area contributed by atoms with Gasteiger partial charge in [-0.05, 0) is 12.1 Å². The molecule has 2 N–H and O–H groups in total. The molecule has 1 aromatic carbocycles. The van der Waals surface area contributed by atoms with Crippen molar-refractivity contribution in [3.8, 4) is 0 Å². The zero-order chi connectivity index (χ0) is 53.6. The molecule has 0 unspecified atom stereocenters. The Balaban J connectivity index is 0.00000914. The molecule has 29 heteroatoms. The summed E-state index contributed by atoms with van der Waals surface area (Å²) in [5, 5.41) is 24.4. The Morgan fingerprint density at radius 2 is 0.960 bits per heavy atom. The van der Waals surface area contributed by atoms with Crippen LogP contribution in [0.3, 0.4) is 0 Å². The maximum atomic E-state index is 13.5. The molecule has 0 saturated carbocycles. The molecule has 3 saturated heterocycles. The second-order valence-electron chi connectivity index (χ2n) is 18.4. The molecule has 7 rings (SSSR count). The van der Waals surface area contributed by atoms with Gasteiger partial charge in [-0.15, -0.1) is 10.2 Å². The lowest BCUT2D eigenvalue weighted by molar-refractivity contribution is -0.959. The monoisotopic (exact) mass is 1120 g/mol. The van der Waals surface area contributed by atoms with E-state index in [0.29, 0.717) is 48.6 Å². The van der Waals surface area contributed by atoms with E-state index in [9.17, 15) is 43.2 Å². The number of esters is 8. The molecule has 0 bridgehead atoms. The third-order valence-corrected chi connectivity index (χ3v) is 12.5. The van der Waals surface area contributed by atoms with E-state index >= 15 is 0 Å². The first-order valence-electron chi connectivity index (χ1n) is 23.5. The van der Waals surface area contributed by atoms with Crippen LogP contribution >= 0.6 is 0 Å². The van der Waals surface area contributed by atoms with E-state index in [1.807, 2.05) is 12.1 Å². The number of halogens is 1. The number of nitrogens with zero attached hydrogens (tertiary/aromatic N) is 7. The molecule has 4 aliphatic heterocycles. The van der Waals surface area contributed by atoms with Gasteiger partial charge in [0.05, 0.1) is 31.0 Å². The molecule has 3 aromatic rings. The molecule has 6 heterocycles. The molecule has 1 amide bonds. The van der Waals surface area contributed by atoms with Crippen LogP contribution in [0.5, 0.6) is 0 Å². The van der Waals surface area contributed by atoms with Gasteiger partial charge in [0.15, 0.2) is 49.1 Å². The summed E-state index contributed by atoms with van der Waals surface area (Å²) in [6, 6.07) is 7.14. The summed E-state index contributed by atoms with van der Waals surface area (Å²) in [4.78, 5) is 112. The van der Waals surface area contributed by atoms with Crippen molar-refractivity contribution in [1.29, 1.82) is 0 Å². The number of nitrogens with one attached hydrogen (secondary N) is 2. The number of piperidine rings is 1. The summed E-state index contributed by atoms with van der Waals surface area (Å²) < 4.78 is 59.4. The topological polar surface area (TPSA) is 331 Å².